The molecule has 1 saturated carbocycles. The Bertz CT molecular complexity index is 1550. The van der Waals surface area contributed by atoms with Gasteiger partial charge in [0.15, 0.2) is 8.32 Å². The van der Waals surface area contributed by atoms with Gasteiger partial charge in [-0.15, -0.1) is 0 Å². The van der Waals surface area contributed by atoms with Crippen molar-refractivity contribution in [2.24, 2.45) is 5.92 Å². The van der Waals surface area contributed by atoms with Crippen molar-refractivity contribution < 1.29 is 27.5 Å². The van der Waals surface area contributed by atoms with Crippen LogP contribution in [0.25, 0.3) is 0 Å². The molecule has 1 unspecified atom stereocenters. The number of halogens is 2. The van der Waals surface area contributed by atoms with Gasteiger partial charge in [-0.05, 0) is 87.5 Å². The monoisotopic (exact) mass is 729 g/mol. The van der Waals surface area contributed by atoms with Gasteiger partial charge in [-0.2, -0.15) is 10.2 Å². The van der Waals surface area contributed by atoms with E-state index in [2.05, 4.69) is 45.5 Å². The normalized spacial score (nSPS) is 17.6. The highest BCUT2D eigenvalue weighted by atomic mass is 28.4. The maximum atomic E-state index is 14.5. The van der Waals surface area contributed by atoms with Gasteiger partial charge in [-0.1, -0.05) is 40.4 Å². The molecule has 50 heavy (non-hydrogen) atoms. The SMILES string of the molecule is CC[Si](CC)(CC)OC(CN(Cc1cc(F)cc(F)c1)C(=O)c1cnn(C2CCC(C(C)=O)CC2)c1C)c1ccn(COCC[Si](C)(C)C)n1. The van der Waals surface area contributed by atoms with Gasteiger partial charge in [0, 0.05) is 45.1 Å². The summed E-state index contributed by atoms with van der Waals surface area (Å²) in [6, 6.07) is 9.12. The van der Waals surface area contributed by atoms with Crippen LogP contribution in [0.4, 0.5) is 8.78 Å². The number of amides is 1. The van der Waals surface area contributed by atoms with Gasteiger partial charge in [0.25, 0.3) is 5.91 Å². The Morgan fingerprint density at radius 1 is 1.02 bits per heavy atom. The second-order valence-electron chi connectivity index (χ2n) is 15.1. The molecule has 0 spiro atoms. The first-order chi connectivity index (χ1) is 23.7. The fourth-order valence-electron chi connectivity index (χ4n) is 6.89. The lowest BCUT2D eigenvalue weighted by Crippen LogP contribution is -2.42. The molecule has 2 heterocycles. The summed E-state index contributed by atoms with van der Waals surface area (Å²) in [5.41, 5.74) is 2.19. The molecule has 3 aromatic rings. The zero-order valence-corrected chi connectivity index (χ0v) is 33.3. The number of benzene rings is 1. The highest BCUT2D eigenvalue weighted by Crippen LogP contribution is 2.34. The zero-order valence-electron chi connectivity index (χ0n) is 31.3. The molecule has 1 atom stereocenters. The maximum absolute atomic E-state index is 14.5. The number of ether oxygens (including phenoxy) is 1. The molecule has 0 aliphatic heterocycles. The van der Waals surface area contributed by atoms with Gasteiger partial charge < -0.3 is 14.1 Å². The number of nitrogens with zero attached hydrogens (tertiary/aromatic N) is 5. The lowest BCUT2D eigenvalue weighted by Gasteiger charge is -2.35. The quantitative estimate of drug-likeness (QED) is 0.0962. The van der Waals surface area contributed by atoms with Crippen molar-refractivity contribution in [2.45, 2.75) is 130 Å². The van der Waals surface area contributed by atoms with Crippen molar-refractivity contribution in [1.29, 1.82) is 0 Å². The molecule has 1 amide bonds. The average molecular weight is 730 g/mol. The Morgan fingerprint density at radius 3 is 2.24 bits per heavy atom. The minimum Gasteiger partial charge on any atom is -0.406 e. The number of rotatable bonds is 18. The van der Waals surface area contributed by atoms with Crippen LogP contribution in [-0.2, 0) is 27.2 Å². The molecular formula is C37H57F2N5O4Si2. The van der Waals surface area contributed by atoms with Crippen LogP contribution in [0.5, 0.6) is 0 Å². The van der Waals surface area contributed by atoms with Crippen molar-refractivity contribution in [1.82, 2.24) is 24.5 Å². The van der Waals surface area contributed by atoms with E-state index < -0.39 is 34.1 Å². The molecule has 2 aromatic heterocycles. The molecule has 0 bridgehead atoms. The molecule has 0 radical (unpaired) electrons. The molecule has 1 aliphatic rings. The molecule has 276 valence electrons. The van der Waals surface area contributed by atoms with E-state index in [1.807, 2.05) is 23.9 Å². The van der Waals surface area contributed by atoms with Crippen molar-refractivity contribution in [3.05, 3.63) is 70.8 Å². The third kappa shape index (κ3) is 10.5. The van der Waals surface area contributed by atoms with Crippen molar-refractivity contribution in [2.75, 3.05) is 13.2 Å². The summed E-state index contributed by atoms with van der Waals surface area (Å²) >= 11 is 0. The molecule has 13 heteroatoms. The third-order valence-electron chi connectivity index (χ3n) is 10.4. The van der Waals surface area contributed by atoms with Gasteiger partial charge in [0.1, 0.15) is 30.3 Å². The number of hydrogen-bond acceptors (Lipinski definition) is 6. The van der Waals surface area contributed by atoms with E-state index >= 15 is 0 Å². The van der Waals surface area contributed by atoms with Gasteiger partial charge in [0.2, 0.25) is 0 Å². The van der Waals surface area contributed by atoms with Crippen LogP contribution < -0.4 is 0 Å². The minimum atomic E-state index is -2.21. The second-order valence-corrected chi connectivity index (χ2v) is 25.5. The lowest BCUT2D eigenvalue weighted by molar-refractivity contribution is -0.121. The molecule has 1 fully saturated rings. The topological polar surface area (TPSA) is 91.5 Å². The predicted octanol–water partition coefficient (Wildman–Crippen LogP) is 8.70. The summed E-state index contributed by atoms with van der Waals surface area (Å²) in [5, 5.41) is 9.51. The minimum absolute atomic E-state index is 0.0266. The van der Waals surface area contributed by atoms with Gasteiger partial charge in [-0.25, -0.2) is 13.5 Å². The van der Waals surface area contributed by atoms with E-state index in [-0.39, 0.29) is 36.7 Å². The Morgan fingerprint density at radius 2 is 1.66 bits per heavy atom. The summed E-state index contributed by atoms with van der Waals surface area (Å²) in [7, 11) is -3.45. The first-order valence-corrected chi connectivity index (χ1v) is 24.5. The van der Waals surface area contributed by atoms with Crippen LogP contribution in [0.2, 0.25) is 43.8 Å². The van der Waals surface area contributed by atoms with Crippen LogP contribution in [-0.4, -0.2) is 65.7 Å². The van der Waals surface area contributed by atoms with Crippen LogP contribution in [0, 0.1) is 24.5 Å². The molecule has 9 nitrogen and oxygen atoms in total. The molecule has 1 aliphatic carbocycles. The second kappa shape index (κ2) is 17.5. The summed E-state index contributed by atoms with van der Waals surface area (Å²) < 4.78 is 45.5. The Hall–Kier alpha value is -3.01. The molecule has 4 rings (SSSR count). The molecular weight excluding hydrogens is 673 g/mol. The maximum Gasteiger partial charge on any atom is 0.257 e. The predicted molar refractivity (Wildman–Crippen MR) is 197 cm³/mol. The smallest absolute Gasteiger partial charge is 0.257 e. The fraction of sp³-hybridized carbons (Fsp3) is 0.622. The van der Waals surface area contributed by atoms with Gasteiger partial charge in [-0.3, -0.25) is 14.3 Å². The average Bonchev–Trinajstić information content (AvgIpc) is 3.70. The largest absolute Gasteiger partial charge is 0.406 e. The summed E-state index contributed by atoms with van der Waals surface area (Å²) in [6.07, 6.45) is 6.12. The van der Waals surface area contributed by atoms with Crippen molar-refractivity contribution >= 4 is 28.1 Å². The Balaban J connectivity index is 1.66. The van der Waals surface area contributed by atoms with E-state index in [4.69, 9.17) is 14.3 Å². The molecule has 0 N–H and O–H groups in total. The number of carbonyl (C=O) groups excluding carboxylic acids is 2. The third-order valence-corrected chi connectivity index (χ3v) is 16.8. The van der Waals surface area contributed by atoms with Crippen LogP contribution in [0.1, 0.15) is 92.8 Å². The van der Waals surface area contributed by atoms with Crippen molar-refractivity contribution in [3.63, 3.8) is 0 Å². The summed E-state index contributed by atoms with van der Waals surface area (Å²) in [5.74, 6) is -1.40. The summed E-state index contributed by atoms with van der Waals surface area (Å²) in [4.78, 5) is 28.1. The Labute approximate surface area is 298 Å². The number of carbonyl (C=O) groups is 2. The Kier molecular flexibility index (Phi) is 13.9. The van der Waals surface area contributed by atoms with E-state index in [1.165, 1.54) is 12.1 Å². The van der Waals surface area contributed by atoms with E-state index in [0.717, 1.165) is 61.6 Å². The van der Waals surface area contributed by atoms with E-state index in [1.54, 1.807) is 22.7 Å². The van der Waals surface area contributed by atoms with Gasteiger partial charge >= 0.3 is 0 Å². The van der Waals surface area contributed by atoms with E-state index in [9.17, 15) is 18.4 Å². The van der Waals surface area contributed by atoms with Gasteiger partial charge in [0.05, 0.1) is 30.0 Å². The van der Waals surface area contributed by atoms with E-state index in [0.29, 0.717) is 30.2 Å². The highest BCUT2D eigenvalue weighted by Gasteiger charge is 2.36. The molecule has 0 saturated heterocycles. The number of hydrogen-bond donors (Lipinski definition) is 0. The van der Waals surface area contributed by atoms with Crippen LogP contribution in [0.3, 0.4) is 0 Å². The zero-order chi connectivity index (χ0) is 36.6. The fourth-order valence-corrected chi connectivity index (χ4v) is 10.4. The lowest BCUT2D eigenvalue weighted by atomic mass is 9.84. The number of Topliss-reactive ketones (excluding diaryl/α,β-unsaturated/α-hetero) is 1. The highest BCUT2D eigenvalue weighted by molar-refractivity contribution is 6.76. The van der Waals surface area contributed by atoms with Crippen LogP contribution >= 0.6 is 0 Å². The molecule has 1 aromatic carbocycles. The van der Waals surface area contributed by atoms with Crippen molar-refractivity contribution in [3.8, 4) is 0 Å². The van der Waals surface area contributed by atoms with Crippen LogP contribution in [0.15, 0.2) is 36.7 Å². The summed E-state index contributed by atoms with van der Waals surface area (Å²) in [6.45, 7) is 18.0. The number of aromatic nitrogens is 4. The first-order valence-electron chi connectivity index (χ1n) is 18.2. The first kappa shape index (κ1) is 39.8. The standard InChI is InChI=1S/C37H57F2N5O4Si2/c1-9-50(10-2,11-3)48-36(35-16-17-43(41-35)26-47-18-19-49(6,7)8)25-42(24-29-20-31(38)22-32(39)21-29)37(46)34-23-40-44(27(34)4)33-14-12-30(13-15-33)28(5)45/h16-17,20-23,30,33,36H,9-15,18-19,24-26H2,1-8H3. The number of ketones is 1.